The molecule has 0 aliphatic carbocycles. The Balaban J connectivity index is 1.93. The van der Waals surface area contributed by atoms with Crippen LogP contribution in [0.2, 0.25) is 5.02 Å². The summed E-state index contributed by atoms with van der Waals surface area (Å²) < 4.78 is 91.4. The fraction of sp³-hybridized carbons (Fsp3) is 0.364. The molecule has 0 bridgehead atoms. The minimum absolute atomic E-state index is 0.0630. The lowest BCUT2D eigenvalue weighted by atomic mass is 9.75. The molecule has 2 aliphatic heterocycles. The van der Waals surface area contributed by atoms with Gasteiger partial charge >= 0.3 is 0 Å². The number of fused-ring (bicyclic) bond motifs is 3. The Morgan fingerprint density at radius 1 is 1.09 bits per heavy atom. The van der Waals surface area contributed by atoms with Gasteiger partial charge in [-0.05, 0) is 49.2 Å². The summed E-state index contributed by atoms with van der Waals surface area (Å²) >= 11 is 5.92. The summed E-state index contributed by atoms with van der Waals surface area (Å²) in [5, 5.41) is 1.13. The molecule has 178 valence electrons. The maximum Gasteiger partial charge on any atom is 0.189 e. The lowest BCUT2D eigenvalue weighted by molar-refractivity contribution is -0.0732. The lowest BCUT2D eigenvalue weighted by Gasteiger charge is -2.50. The second kappa shape index (κ2) is 8.65. The highest BCUT2D eigenvalue weighted by Gasteiger charge is 2.61. The highest BCUT2D eigenvalue weighted by atomic mass is 35.5. The molecule has 0 N–H and O–H groups in total. The largest absolute Gasteiger partial charge is 0.490 e. The second-order valence-corrected chi connectivity index (χ2v) is 12.7. The van der Waals surface area contributed by atoms with E-state index in [1.165, 1.54) is 24.3 Å². The van der Waals surface area contributed by atoms with E-state index in [1.54, 1.807) is 0 Å². The third kappa shape index (κ3) is 3.96. The van der Waals surface area contributed by atoms with Gasteiger partial charge < -0.3 is 9.47 Å². The first-order chi connectivity index (χ1) is 15.5. The summed E-state index contributed by atoms with van der Waals surface area (Å²) in [5.74, 6) is -3.59. The summed E-state index contributed by atoms with van der Waals surface area (Å²) in [4.78, 5) is -0.118. The van der Waals surface area contributed by atoms with E-state index in [-0.39, 0.29) is 36.7 Å². The van der Waals surface area contributed by atoms with E-state index in [4.69, 9.17) is 21.1 Å². The van der Waals surface area contributed by atoms with Crippen molar-refractivity contribution in [2.24, 2.45) is 5.92 Å². The van der Waals surface area contributed by atoms with Crippen LogP contribution in [0, 0.1) is 17.6 Å². The highest BCUT2D eigenvalue weighted by Crippen LogP contribution is 2.55. The molecule has 6 nitrogen and oxygen atoms in total. The number of rotatable bonds is 6. The van der Waals surface area contributed by atoms with Crippen LogP contribution < -0.4 is 4.74 Å². The van der Waals surface area contributed by atoms with Crippen LogP contribution >= 0.6 is 11.6 Å². The van der Waals surface area contributed by atoms with Crippen molar-refractivity contribution in [2.75, 3.05) is 19.0 Å². The van der Waals surface area contributed by atoms with E-state index < -0.39 is 59.4 Å². The number of sulfone groups is 2. The molecule has 0 spiro atoms. The minimum atomic E-state index is -4.34. The summed E-state index contributed by atoms with van der Waals surface area (Å²) in [6.07, 6.45) is -1.12. The van der Waals surface area contributed by atoms with E-state index in [0.29, 0.717) is 5.02 Å². The Kier molecular flexibility index (Phi) is 6.32. The quantitative estimate of drug-likeness (QED) is 0.574. The number of halogens is 3. The Bertz CT molecular complexity index is 1290. The summed E-state index contributed by atoms with van der Waals surface area (Å²) in [6.45, 7) is 2.88. The van der Waals surface area contributed by atoms with Gasteiger partial charge in [0.25, 0.3) is 0 Å². The predicted molar refractivity (Wildman–Crippen MR) is 119 cm³/mol. The molecule has 2 aromatic rings. The predicted octanol–water partition coefficient (Wildman–Crippen LogP) is 4.03. The average Bonchev–Trinajstić information content (AvgIpc) is 2.79. The molecule has 0 aromatic heterocycles. The zero-order chi connectivity index (χ0) is 24.0. The molecule has 2 heterocycles. The van der Waals surface area contributed by atoms with Crippen molar-refractivity contribution in [1.29, 1.82) is 0 Å². The Morgan fingerprint density at radius 3 is 2.42 bits per heavy atom. The molecule has 1 fully saturated rings. The van der Waals surface area contributed by atoms with Gasteiger partial charge in [0, 0.05) is 23.0 Å². The molecule has 0 amide bonds. The van der Waals surface area contributed by atoms with Crippen LogP contribution in [-0.2, 0) is 29.2 Å². The zero-order valence-corrected chi connectivity index (χ0v) is 19.7. The summed E-state index contributed by atoms with van der Waals surface area (Å²) in [7, 11) is -7.94. The Morgan fingerprint density at radius 2 is 1.76 bits per heavy atom. The molecule has 2 aliphatic rings. The maximum atomic E-state index is 15.3. The molecule has 2 aromatic carbocycles. The fourth-order valence-electron chi connectivity index (χ4n) is 4.70. The molecule has 1 saturated heterocycles. The normalized spacial score (nSPS) is 24.9. The van der Waals surface area contributed by atoms with Gasteiger partial charge in [-0.25, -0.2) is 25.6 Å². The van der Waals surface area contributed by atoms with Crippen molar-refractivity contribution >= 4 is 31.3 Å². The second-order valence-electron chi connectivity index (χ2n) is 7.98. The molecule has 3 atom stereocenters. The van der Waals surface area contributed by atoms with Gasteiger partial charge in [-0.15, -0.1) is 0 Å². The standard InChI is InChI=1S/C22H21ClF2O6S2/c1-2-32(26,27)12-9-19-16-13-31-21-18(25)8-7-17(24)20(21)22(16,10-11-30-19)33(28,29)15-5-3-14(23)4-6-15/h2-8,16,19H,1,9-13H2/t16-,19-,22-/m0/s1. The molecular formula is C22H21ClF2O6S2. The zero-order valence-electron chi connectivity index (χ0n) is 17.3. The van der Waals surface area contributed by atoms with Crippen molar-refractivity contribution in [3.8, 4) is 5.75 Å². The van der Waals surface area contributed by atoms with Crippen LogP contribution in [0.25, 0.3) is 0 Å². The van der Waals surface area contributed by atoms with Gasteiger partial charge in [0.05, 0.1) is 28.9 Å². The van der Waals surface area contributed by atoms with E-state index >= 15 is 4.39 Å². The van der Waals surface area contributed by atoms with Gasteiger partial charge in [-0.2, -0.15) is 0 Å². The smallest absolute Gasteiger partial charge is 0.189 e. The van der Waals surface area contributed by atoms with E-state index in [9.17, 15) is 21.2 Å². The van der Waals surface area contributed by atoms with Gasteiger partial charge in [0.2, 0.25) is 0 Å². The molecule has 0 saturated carbocycles. The monoisotopic (exact) mass is 518 g/mol. The molecule has 33 heavy (non-hydrogen) atoms. The minimum Gasteiger partial charge on any atom is -0.490 e. The first-order valence-electron chi connectivity index (χ1n) is 10.1. The van der Waals surface area contributed by atoms with Gasteiger partial charge in [0.1, 0.15) is 10.6 Å². The lowest BCUT2D eigenvalue weighted by Crippen LogP contribution is -2.57. The van der Waals surface area contributed by atoms with E-state index in [2.05, 4.69) is 6.58 Å². The van der Waals surface area contributed by atoms with Crippen LogP contribution in [0.4, 0.5) is 8.78 Å². The SMILES string of the molecule is C=CS(=O)(=O)CC[C@@H]1OCC[C@@]2(S(=O)(=O)c3ccc(Cl)cc3)c3c(F)ccc(F)c3OC[C@@H]12. The summed E-state index contributed by atoms with van der Waals surface area (Å²) in [6, 6.07) is 7.16. The average molecular weight is 519 g/mol. The van der Waals surface area contributed by atoms with Crippen LogP contribution in [0.15, 0.2) is 53.3 Å². The van der Waals surface area contributed by atoms with Crippen molar-refractivity contribution in [3.63, 3.8) is 0 Å². The fourth-order valence-corrected chi connectivity index (χ4v) is 7.90. The van der Waals surface area contributed by atoms with Gasteiger partial charge in [-0.3, -0.25) is 0 Å². The van der Waals surface area contributed by atoms with Crippen molar-refractivity contribution in [2.45, 2.75) is 28.6 Å². The number of hydrogen-bond acceptors (Lipinski definition) is 6. The van der Waals surface area contributed by atoms with Crippen LogP contribution in [0.1, 0.15) is 18.4 Å². The number of hydrogen-bond donors (Lipinski definition) is 0. The molecule has 0 radical (unpaired) electrons. The van der Waals surface area contributed by atoms with E-state index in [1.807, 2.05) is 0 Å². The van der Waals surface area contributed by atoms with Crippen molar-refractivity contribution in [3.05, 3.63) is 70.6 Å². The van der Waals surface area contributed by atoms with E-state index in [0.717, 1.165) is 17.5 Å². The number of benzene rings is 2. The Labute approximate surface area is 196 Å². The van der Waals surface area contributed by atoms with Crippen LogP contribution in [0.5, 0.6) is 5.75 Å². The van der Waals surface area contributed by atoms with Crippen LogP contribution in [-0.4, -0.2) is 41.9 Å². The third-order valence-corrected chi connectivity index (χ3v) is 10.4. The van der Waals surface area contributed by atoms with Crippen molar-refractivity contribution < 1.29 is 35.1 Å². The Hall–Kier alpha value is -2.01. The first kappa shape index (κ1) is 24.1. The van der Waals surface area contributed by atoms with Gasteiger partial charge in [0.15, 0.2) is 31.2 Å². The molecular weight excluding hydrogens is 498 g/mol. The van der Waals surface area contributed by atoms with Crippen molar-refractivity contribution in [1.82, 2.24) is 0 Å². The highest BCUT2D eigenvalue weighted by molar-refractivity contribution is 7.94. The molecule has 11 heteroatoms. The van der Waals surface area contributed by atoms with Crippen LogP contribution in [0.3, 0.4) is 0 Å². The molecule has 4 rings (SSSR count). The summed E-state index contributed by atoms with van der Waals surface area (Å²) in [5.41, 5.74) is -0.395. The van der Waals surface area contributed by atoms with Gasteiger partial charge in [-0.1, -0.05) is 18.2 Å². The third-order valence-electron chi connectivity index (χ3n) is 6.29. The topological polar surface area (TPSA) is 86.7 Å². The number of ether oxygens (including phenoxy) is 2. The molecule has 0 unspecified atom stereocenters. The maximum absolute atomic E-state index is 15.3. The first-order valence-corrected chi connectivity index (χ1v) is 13.7.